The number of aromatic nitrogens is 1. The van der Waals surface area contributed by atoms with Crippen LogP contribution in [0.2, 0.25) is 0 Å². The first-order valence-electron chi connectivity index (χ1n) is 11.9. The predicted octanol–water partition coefficient (Wildman–Crippen LogP) is 4.84. The first-order valence-corrected chi connectivity index (χ1v) is 12.7. The van der Waals surface area contributed by atoms with Crippen LogP contribution < -0.4 is 14.9 Å². The zero-order valence-corrected chi connectivity index (χ0v) is 21.2. The first-order chi connectivity index (χ1) is 16.8. The fraction of sp³-hybridized carbons (Fsp3) is 0.321. The molecule has 0 bridgehead atoms. The van der Waals surface area contributed by atoms with E-state index in [1.54, 1.807) is 29.7 Å². The summed E-state index contributed by atoms with van der Waals surface area (Å²) in [5.41, 5.74) is 3.54. The van der Waals surface area contributed by atoms with Gasteiger partial charge in [0.05, 0.1) is 28.5 Å². The molecule has 2 heterocycles. The molecule has 1 aliphatic heterocycles. The number of hydrogen-bond acceptors (Lipinski definition) is 5. The van der Waals surface area contributed by atoms with E-state index in [-0.39, 0.29) is 18.0 Å². The lowest BCUT2D eigenvalue weighted by Gasteiger charge is -2.26. The zero-order chi connectivity index (χ0) is 25.1. The minimum absolute atomic E-state index is 0.232. The number of fused-ring (bicyclic) bond motifs is 1. The molecule has 1 aliphatic rings. The van der Waals surface area contributed by atoms with Gasteiger partial charge < -0.3 is 4.74 Å². The van der Waals surface area contributed by atoms with Crippen molar-refractivity contribution in [3.05, 3.63) is 102 Å². The summed E-state index contributed by atoms with van der Waals surface area (Å²) in [6.07, 6.45) is 3.12. The van der Waals surface area contributed by atoms with Gasteiger partial charge in [-0.25, -0.2) is 14.2 Å². The number of halogens is 1. The number of thiazole rings is 1. The molecular formula is C28H29FN2O3S. The molecule has 4 rings (SSSR count). The predicted molar refractivity (Wildman–Crippen MR) is 137 cm³/mol. The molecule has 0 spiro atoms. The largest absolute Gasteiger partial charge is 0.463 e. The highest BCUT2D eigenvalue weighted by atomic mass is 32.1. The molecule has 0 saturated heterocycles. The van der Waals surface area contributed by atoms with Crippen molar-refractivity contribution in [1.29, 1.82) is 0 Å². The van der Waals surface area contributed by atoms with Crippen LogP contribution in [0.3, 0.4) is 0 Å². The van der Waals surface area contributed by atoms with Gasteiger partial charge in [-0.05, 0) is 54.2 Å². The van der Waals surface area contributed by atoms with Crippen molar-refractivity contribution in [2.45, 2.75) is 52.5 Å². The third-order valence-electron chi connectivity index (χ3n) is 5.98. The molecule has 2 aromatic carbocycles. The normalized spacial score (nSPS) is 15.8. The number of nitrogens with zero attached hydrogens (tertiary/aromatic N) is 2. The highest BCUT2D eigenvalue weighted by Gasteiger charge is 2.34. The van der Waals surface area contributed by atoms with Crippen LogP contribution in [0.25, 0.3) is 6.08 Å². The number of carbonyl (C=O) groups excluding carboxylic acids is 1. The summed E-state index contributed by atoms with van der Waals surface area (Å²) in [5, 5.41) is 0. The Morgan fingerprint density at radius 2 is 1.83 bits per heavy atom. The molecule has 0 unspecified atom stereocenters. The summed E-state index contributed by atoms with van der Waals surface area (Å²) in [7, 11) is 0. The van der Waals surface area contributed by atoms with Gasteiger partial charge in [-0.1, -0.05) is 74.9 Å². The van der Waals surface area contributed by atoms with Crippen molar-refractivity contribution in [1.82, 2.24) is 4.57 Å². The molecule has 3 aromatic rings. The van der Waals surface area contributed by atoms with Crippen LogP contribution in [0.4, 0.5) is 4.39 Å². The lowest BCUT2D eigenvalue weighted by atomic mass is 9.92. The molecule has 0 amide bonds. The van der Waals surface area contributed by atoms with Crippen LogP contribution in [0, 0.1) is 5.82 Å². The van der Waals surface area contributed by atoms with E-state index in [1.807, 2.05) is 31.2 Å². The zero-order valence-electron chi connectivity index (χ0n) is 20.4. The van der Waals surface area contributed by atoms with Crippen LogP contribution in [-0.2, 0) is 9.53 Å². The van der Waals surface area contributed by atoms with Gasteiger partial charge in [0.15, 0.2) is 4.80 Å². The molecule has 0 fully saturated rings. The highest BCUT2D eigenvalue weighted by molar-refractivity contribution is 7.07. The Hall–Kier alpha value is -3.32. The first kappa shape index (κ1) is 24.8. The van der Waals surface area contributed by atoms with Crippen LogP contribution in [-0.4, -0.2) is 17.1 Å². The molecule has 0 radical (unpaired) electrons. The lowest BCUT2D eigenvalue weighted by Crippen LogP contribution is -2.40. The Kier molecular flexibility index (Phi) is 7.45. The average molecular weight is 493 g/mol. The van der Waals surface area contributed by atoms with Gasteiger partial charge in [0.1, 0.15) is 5.82 Å². The Morgan fingerprint density at radius 1 is 1.14 bits per heavy atom. The quantitative estimate of drug-likeness (QED) is 0.444. The fourth-order valence-electron chi connectivity index (χ4n) is 4.21. The van der Waals surface area contributed by atoms with Gasteiger partial charge in [-0.3, -0.25) is 9.36 Å². The summed E-state index contributed by atoms with van der Waals surface area (Å²) in [6, 6.07) is 13.4. The number of carbonyl (C=O) groups is 1. The SMILES string of the molecule is CCCC1=C(C(=O)OCC)[C@@H](c2ccc(C(C)C)cc2)n2c(s/c(=C\c3ccc(F)cc3)c2=O)=N1. The van der Waals surface area contributed by atoms with Crippen molar-refractivity contribution in [2.75, 3.05) is 6.61 Å². The molecule has 182 valence electrons. The maximum absolute atomic E-state index is 13.7. The molecular weight excluding hydrogens is 463 g/mol. The molecule has 7 heteroatoms. The van der Waals surface area contributed by atoms with Crippen molar-refractivity contribution >= 4 is 23.4 Å². The van der Waals surface area contributed by atoms with Gasteiger partial charge in [-0.2, -0.15) is 0 Å². The van der Waals surface area contributed by atoms with Gasteiger partial charge in [-0.15, -0.1) is 0 Å². The molecule has 1 atom stereocenters. The van der Waals surface area contributed by atoms with E-state index < -0.39 is 12.0 Å². The molecule has 5 nitrogen and oxygen atoms in total. The molecule has 35 heavy (non-hydrogen) atoms. The number of allylic oxidation sites excluding steroid dienone is 1. The smallest absolute Gasteiger partial charge is 0.338 e. The van der Waals surface area contributed by atoms with Crippen molar-refractivity contribution < 1.29 is 13.9 Å². The average Bonchev–Trinajstić information content (AvgIpc) is 3.14. The third kappa shape index (κ3) is 5.05. The van der Waals surface area contributed by atoms with Crippen LogP contribution >= 0.6 is 11.3 Å². The van der Waals surface area contributed by atoms with Gasteiger partial charge in [0, 0.05) is 0 Å². The lowest BCUT2D eigenvalue weighted by molar-refractivity contribution is -0.139. The summed E-state index contributed by atoms with van der Waals surface area (Å²) in [6.45, 7) is 8.27. The van der Waals surface area contributed by atoms with E-state index in [1.165, 1.54) is 29.0 Å². The monoisotopic (exact) mass is 492 g/mol. The van der Waals surface area contributed by atoms with E-state index in [9.17, 15) is 14.0 Å². The van der Waals surface area contributed by atoms with Crippen molar-refractivity contribution in [3.63, 3.8) is 0 Å². The number of esters is 1. The van der Waals surface area contributed by atoms with E-state index in [0.717, 1.165) is 12.0 Å². The third-order valence-corrected chi connectivity index (χ3v) is 6.96. The summed E-state index contributed by atoms with van der Waals surface area (Å²) in [4.78, 5) is 32.2. The topological polar surface area (TPSA) is 60.7 Å². The van der Waals surface area contributed by atoms with Crippen molar-refractivity contribution in [2.24, 2.45) is 4.99 Å². The Labute approximate surface area is 207 Å². The van der Waals surface area contributed by atoms with Gasteiger partial charge in [0.25, 0.3) is 5.56 Å². The second kappa shape index (κ2) is 10.5. The summed E-state index contributed by atoms with van der Waals surface area (Å²) >= 11 is 1.27. The van der Waals surface area contributed by atoms with Crippen LogP contribution in [0.1, 0.15) is 69.2 Å². The number of benzene rings is 2. The Morgan fingerprint density at radius 3 is 2.43 bits per heavy atom. The van der Waals surface area contributed by atoms with E-state index >= 15 is 0 Å². The Bertz CT molecular complexity index is 1430. The maximum Gasteiger partial charge on any atom is 0.338 e. The number of ether oxygens (including phenoxy) is 1. The van der Waals surface area contributed by atoms with Gasteiger partial charge >= 0.3 is 5.97 Å². The molecule has 1 aromatic heterocycles. The maximum atomic E-state index is 13.7. The van der Waals surface area contributed by atoms with Gasteiger partial charge in [0.2, 0.25) is 0 Å². The molecule has 0 saturated carbocycles. The van der Waals surface area contributed by atoms with E-state index in [0.29, 0.717) is 38.5 Å². The fourth-order valence-corrected chi connectivity index (χ4v) is 5.23. The minimum Gasteiger partial charge on any atom is -0.463 e. The van der Waals surface area contributed by atoms with Crippen molar-refractivity contribution in [3.8, 4) is 0 Å². The van der Waals surface area contributed by atoms with E-state index in [2.05, 4.69) is 13.8 Å². The highest BCUT2D eigenvalue weighted by Crippen LogP contribution is 2.33. The van der Waals surface area contributed by atoms with Crippen LogP contribution in [0.15, 0.2) is 69.6 Å². The molecule has 0 aliphatic carbocycles. The summed E-state index contributed by atoms with van der Waals surface area (Å²) < 4.78 is 20.9. The molecule has 0 N–H and O–H groups in total. The minimum atomic E-state index is -0.636. The number of rotatable bonds is 7. The van der Waals surface area contributed by atoms with E-state index in [4.69, 9.17) is 9.73 Å². The second-order valence-corrected chi connectivity index (χ2v) is 9.80. The van der Waals surface area contributed by atoms with Crippen LogP contribution in [0.5, 0.6) is 0 Å². The Balaban J connectivity index is 1.97. The second-order valence-electron chi connectivity index (χ2n) is 8.79. The summed E-state index contributed by atoms with van der Waals surface area (Å²) in [5.74, 6) is -0.431. The standard InChI is InChI=1S/C28H29FN2O3S/c1-5-7-22-24(27(33)34-6-2)25(20-12-10-19(11-13-20)17(3)4)31-26(32)23(35-28(31)30-22)16-18-8-14-21(29)15-9-18/h8-17,25H,5-7H2,1-4H3/b23-16-/t25-/m1/s1. The number of hydrogen-bond donors (Lipinski definition) is 0.